The van der Waals surface area contributed by atoms with Crippen molar-refractivity contribution in [3.8, 4) is 5.75 Å². The molecule has 1 aliphatic heterocycles. The molecule has 0 saturated heterocycles. The van der Waals surface area contributed by atoms with Crippen LogP contribution < -0.4 is 10.1 Å². The lowest BCUT2D eigenvalue weighted by Gasteiger charge is -2.37. The third kappa shape index (κ3) is 5.02. The molecule has 2 aromatic carbocycles. The number of para-hydroxylation sites is 1. The maximum absolute atomic E-state index is 12.4. The zero-order valence-corrected chi connectivity index (χ0v) is 16.8. The molecular formula is C20H22BrNO2S. The Morgan fingerprint density at radius 2 is 1.96 bits per heavy atom. The molecule has 1 heterocycles. The summed E-state index contributed by atoms with van der Waals surface area (Å²) in [4.78, 5) is 12.4. The average Bonchev–Trinajstić information content (AvgIpc) is 2.55. The predicted molar refractivity (Wildman–Crippen MR) is 107 cm³/mol. The van der Waals surface area contributed by atoms with Crippen molar-refractivity contribution in [3.05, 3.63) is 64.1 Å². The van der Waals surface area contributed by atoms with Gasteiger partial charge >= 0.3 is 0 Å². The second-order valence-corrected chi connectivity index (χ2v) is 8.74. The van der Waals surface area contributed by atoms with Gasteiger partial charge in [0.1, 0.15) is 11.4 Å². The van der Waals surface area contributed by atoms with E-state index in [9.17, 15) is 4.79 Å². The zero-order valence-electron chi connectivity index (χ0n) is 14.4. The fourth-order valence-corrected chi connectivity index (χ4v) is 4.07. The van der Waals surface area contributed by atoms with Gasteiger partial charge in [0.25, 0.3) is 0 Å². The van der Waals surface area contributed by atoms with Crippen molar-refractivity contribution in [1.82, 2.24) is 5.32 Å². The molecule has 0 aromatic heterocycles. The van der Waals surface area contributed by atoms with E-state index in [1.165, 1.54) is 5.56 Å². The van der Waals surface area contributed by atoms with Crippen molar-refractivity contribution in [3.63, 3.8) is 0 Å². The van der Waals surface area contributed by atoms with Crippen molar-refractivity contribution in [1.29, 1.82) is 0 Å². The number of hydrogen-bond acceptors (Lipinski definition) is 3. The number of benzene rings is 2. The summed E-state index contributed by atoms with van der Waals surface area (Å²) in [5, 5.41) is 3.18. The maximum Gasteiger partial charge on any atom is 0.230 e. The van der Waals surface area contributed by atoms with Crippen LogP contribution in [-0.4, -0.2) is 17.3 Å². The topological polar surface area (TPSA) is 38.3 Å². The highest BCUT2D eigenvalue weighted by atomic mass is 79.9. The Labute approximate surface area is 161 Å². The summed E-state index contributed by atoms with van der Waals surface area (Å²) in [6.45, 7) is 4.12. The summed E-state index contributed by atoms with van der Waals surface area (Å²) in [7, 11) is 0. The SMILES string of the molecule is CC1(C)C[C@@H](NC(=O)CSCc2ccc(Br)cc2)c2ccccc2O1. The summed E-state index contributed by atoms with van der Waals surface area (Å²) in [5.74, 6) is 2.22. The number of fused-ring (bicyclic) bond motifs is 1. The fraction of sp³-hybridized carbons (Fsp3) is 0.350. The minimum absolute atomic E-state index is 0.000677. The quantitative estimate of drug-likeness (QED) is 0.732. The van der Waals surface area contributed by atoms with Gasteiger partial charge in [0.15, 0.2) is 0 Å². The van der Waals surface area contributed by atoms with Crippen LogP contribution in [0.1, 0.15) is 37.4 Å². The molecule has 25 heavy (non-hydrogen) atoms. The van der Waals surface area contributed by atoms with Crippen LogP contribution >= 0.6 is 27.7 Å². The average molecular weight is 420 g/mol. The van der Waals surface area contributed by atoms with Crippen molar-refractivity contribution in [2.75, 3.05) is 5.75 Å². The smallest absolute Gasteiger partial charge is 0.230 e. The van der Waals surface area contributed by atoms with Gasteiger partial charge in [-0.2, -0.15) is 0 Å². The van der Waals surface area contributed by atoms with Gasteiger partial charge in [-0.3, -0.25) is 4.79 Å². The molecule has 132 valence electrons. The molecule has 0 saturated carbocycles. The highest BCUT2D eigenvalue weighted by molar-refractivity contribution is 9.10. The molecule has 0 radical (unpaired) electrons. The first kappa shape index (κ1) is 18.3. The Hall–Kier alpha value is -1.46. The Balaban J connectivity index is 1.56. The first-order valence-corrected chi connectivity index (χ1v) is 10.3. The second-order valence-electron chi connectivity index (χ2n) is 6.84. The summed E-state index contributed by atoms with van der Waals surface area (Å²) in [6, 6.07) is 16.2. The Morgan fingerprint density at radius 1 is 1.24 bits per heavy atom. The third-order valence-electron chi connectivity index (χ3n) is 4.13. The first-order chi connectivity index (χ1) is 11.9. The lowest BCUT2D eigenvalue weighted by atomic mass is 9.90. The van der Waals surface area contributed by atoms with Crippen molar-refractivity contribution < 1.29 is 9.53 Å². The van der Waals surface area contributed by atoms with Gasteiger partial charge in [-0.25, -0.2) is 0 Å². The molecule has 0 unspecified atom stereocenters. The van der Waals surface area contributed by atoms with Crippen molar-refractivity contribution >= 4 is 33.6 Å². The van der Waals surface area contributed by atoms with Gasteiger partial charge in [0, 0.05) is 22.2 Å². The zero-order chi connectivity index (χ0) is 17.9. The standard InChI is InChI=1S/C20H22BrNO2S/c1-20(2)11-17(16-5-3-4-6-18(16)24-20)22-19(23)13-25-12-14-7-9-15(21)10-8-14/h3-10,17H,11-13H2,1-2H3,(H,22,23)/t17-/m1/s1. The van der Waals surface area contributed by atoms with E-state index in [2.05, 4.69) is 47.2 Å². The van der Waals surface area contributed by atoms with Gasteiger partial charge in [0.05, 0.1) is 11.8 Å². The molecule has 1 atom stereocenters. The van der Waals surface area contributed by atoms with Gasteiger partial charge in [-0.1, -0.05) is 46.3 Å². The number of halogens is 1. The molecule has 1 aliphatic rings. The number of carbonyl (C=O) groups is 1. The molecule has 3 rings (SSSR count). The van der Waals surface area contributed by atoms with Crippen molar-refractivity contribution in [2.45, 2.75) is 37.7 Å². The van der Waals surface area contributed by atoms with E-state index < -0.39 is 0 Å². The summed E-state index contributed by atoms with van der Waals surface area (Å²) < 4.78 is 7.09. The van der Waals surface area contributed by atoms with E-state index in [0.717, 1.165) is 28.0 Å². The van der Waals surface area contributed by atoms with E-state index in [4.69, 9.17) is 4.74 Å². The van der Waals surface area contributed by atoms with E-state index >= 15 is 0 Å². The monoisotopic (exact) mass is 419 g/mol. The van der Waals surface area contributed by atoms with Crippen molar-refractivity contribution in [2.24, 2.45) is 0 Å². The Morgan fingerprint density at radius 3 is 2.72 bits per heavy atom. The molecule has 1 amide bonds. The number of ether oxygens (including phenoxy) is 1. The molecule has 5 heteroatoms. The van der Waals surface area contributed by atoms with E-state index in [1.54, 1.807) is 11.8 Å². The number of thioether (sulfide) groups is 1. The van der Waals surface area contributed by atoms with Crippen LogP contribution in [0.3, 0.4) is 0 Å². The van der Waals surface area contributed by atoms with Gasteiger partial charge in [-0.15, -0.1) is 11.8 Å². The molecule has 0 bridgehead atoms. The van der Waals surface area contributed by atoms with Gasteiger partial charge in [-0.05, 0) is 37.6 Å². The maximum atomic E-state index is 12.4. The lowest BCUT2D eigenvalue weighted by molar-refractivity contribution is -0.119. The largest absolute Gasteiger partial charge is 0.487 e. The molecule has 0 fully saturated rings. The van der Waals surface area contributed by atoms with E-state index in [1.807, 2.05) is 36.4 Å². The fourth-order valence-electron chi connectivity index (χ4n) is 3.01. The minimum Gasteiger partial charge on any atom is -0.487 e. The second kappa shape index (κ2) is 7.83. The molecule has 2 aromatic rings. The van der Waals surface area contributed by atoms with Crippen LogP contribution in [0.4, 0.5) is 0 Å². The number of nitrogens with one attached hydrogen (secondary N) is 1. The number of amides is 1. The lowest BCUT2D eigenvalue weighted by Crippen LogP contribution is -2.41. The Bertz CT molecular complexity index is 746. The number of carbonyl (C=O) groups excluding carboxylic acids is 1. The number of hydrogen-bond donors (Lipinski definition) is 1. The van der Waals surface area contributed by atoms with E-state index in [0.29, 0.717) is 5.75 Å². The first-order valence-electron chi connectivity index (χ1n) is 8.32. The van der Waals surface area contributed by atoms with Crippen LogP contribution in [0, 0.1) is 0 Å². The van der Waals surface area contributed by atoms with Gasteiger partial charge in [0.2, 0.25) is 5.91 Å². The van der Waals surface area contributed by atoms with Crippen LogP contribution in [0.15, 0.2) is 53.0 Å². The third-order valence-corrected chi connectivity index (χ3v) is 5.66. The normalized spacial score (nSPS) is 18.1. The molecule has 0 spiro atoms. The predicted octanol–water partition coefficient (Wildman–Crippen LogP) is 5.10. The molecule has 0 aliphatic carbocycles. The molecule has 1 N–H and O–H groups in total. The minimum atomic E-state index is -0.281. The summed E-state index contributed by atoms with van der Waals surface area (Å²) in [5.41, 5.74) is 2.00. The summed E-state index contributed by atoms with van der Waals surface area (Å²) >= 11 is 5.06. The molecule has 3 nitrogen and oxygen atoms in total. The summed E-state index contributed by atoms with van der Waals surface area (Å²) in [6.07, 6.45) is 0.771. The highest BCUT2D eigenvalue weighted by Crippen LogP contribution is 2.39. The Kier molecular flexibility index (Phi) is 5.74. The molecular weight excluding hydrogens is 398 g/mol. The van der Waals surface area contributed by atoms with Crippen LogP contribution in [-0.2, 0) is 10.5 Å². The number of rotatable bonds is 5. The van der Waals surface area contributed by atoms with Crippen LogP contribution in [0.2, 0.25) is 0 Å². The van der Waals surface area contributed by atoms with Crippen LogP contribution in [0.25, 0.3) is 0 Å². The van der Waals surface area contributed by atoms with Gasteiger partial charge < -0.3 is 10.1 Å². The highest BCUT2D eigenvalue weighted by Gasteiger charge is 2.34. The van der Waals surface area contributed by atoms with E-state index in [-0.39, 0.29) is 17.6 Å². The van der Waals surface area contributed by atoms with Crippen LogP contribution in [0.5, 0.6) is 5.75 Å².